The molecule has 0 spiro atoms. The molecule has 112 valence electrons. The molecule has 1 aromatic carbocycles. The van der Waals surface area contributed by atoms with E-state index in [1.165, 1.54) is 11.3 Å². The summed E-state index contributed by atoms with van der Waals surface area (Å²) in [5, 5.41) is 13.6. The van der Waals surface area contributed by atoms with Gasteiger partial charge in [-0.1, -0.05) is 35.8 Å². The van der Waals surface area contributed by atoms with Gasteiger partial charge in [0.1, 0.15) is 4.88 Å². The van der Waals surface area contributed by atoms with Gasteiger partial charge in [-0.2, -0.15) is 0 Å². The molecule has 1 amide bonds. The van der Waals surface area contributed by atoms with Crippen molar-refractivity contribution in [3.05, 3.63) is 27.5 Å². The van der Waals surface area contributed by atoms with Crippen LogP contribution in [-0.4, -0.2) is 23.2 Å². The fraction of sp³-hybridized carbons (Fsp3) is 0.400. The van der Waals surface area contributed by atoms with Crippen LogP contribution in [0.5, 0.6) is 0 Å². The summed E-state index contributed by atoms with van der Waals surface area (Å²) in [6, 6.07) is 5.77. The van der Waals surface area contributed by atoms with Crippen molar-refractivity contribution in [2.24, 2.45) is 5.41 Å². The lowest BCUT2D eigenvalue weighted by molar-refractivity contribution is -0.0689. The van der Waals surface area contributed by atoms with Crippen LogP contribution in [0, 0.1) is 5.41 Å². The van der Waals surface area contributed by atoms with Gasteiger partial charge < -0.3 is 16.2 Å². The zero-order valence-electron chi connectivity index (χ0n) is 11.8. The van der Waals surface area contributed by atoms with E-state index in [0.717, 1.165) is 14.6 Å². The van der Waals surface area contributed by atoms with E-state index in [1.807, 2.05) is 32.0 Å². The van der Waals surface area contributed by atoms with Gasteiger partial charge in [-0.25, -0.2) is 0 Å². The van der Waals surface area contributed by atoms with Crippen molar-refractivity contribution in [3.63, 3.8) is 0 Å². The van der Waals surface area contributed by atoms with Gasteiger partial charge in [0, 0.05) is 26.0 Å². The number of carbonyl (C=O) groups excluding carboxylic acids is 1. The lowest BCUT2D eigenvalue weighted by Crippen LogP contribution is -2.61. The molecule has 21 heavy (non-hydrogen) atoms. The van der Waals surface area contributed by atoms with Crippen LogP contribution in [0.2, 0.25) is 0 Å². The Morgan fingerprint density at radius 1 is 1.52 bits per heavy atom. The van der Waals surface area contributed by atoms with Crippen LogP contribution >= 0.6 is 27.3 Å². The normalized spacial score (nSPS) is 23.8. The van der Waals surface area contributed by atoms with Crippen molar-refractivity contribution in [1.29, 1.82) is 0 Å². The molecule has 1 fully saturated rings. The molecule has 0 saturated heterocycles. The molecule has 1 aromatic heterocycles. The highest BCUT2D eigenvalue weighted by molar-refractivity contribution is 9.10. The van der Waals surface area contributed by atoms with Gasteiger partial charge in [0.05, 0.1) is 11.8 Å². The van der Waals surface area contributed by atoms with Crippen molar-refractivity contribution in [2.45, 2.75) is 32.4 Å². The van der Waals surface area contributed by atoms with Gasteiger partial charge in [0.15, 0.2) is 0 Å². The van der Waals surface area contributed by atoms with Crippen molar-refractivity contribution in [1.82, 2.24) is 5.32 Å². The monoisotopic (exact) mass is 368 g/mol. The van der Waals surface area contributed by atoms with Gasteiger partial charge in [0.2, 0.25) is 0 Å². The number of amides is 1. The Morgan fingerprint density at radius 3 is 2.81 bits per heavy atom. The molecule has 2 atom stereocenters. The van der Waals surface area contributed by atoms with Crippen LogP contribution in [0.15, 0.2) is 22.7 Å². The third kappa shape index (κ3) is 2.25. The number of nitrogens with two attached hydrogens (primary N) is 1. The minimum Gasteiger partial charge on any atom is -0.397 e. The molecule has 1 aliphatic carbocycles. The molecule has 2 unspecified atom stereocenters. The average molecular weight is 369 g/mol. The first kappa shape index (κ1) is 14.8. The van der Waals surface area contributed by atoms with Crippen LogP contribution in [-0.2, 0) is 0 Å². The van der Waals surface area contributed by atoms with E-state index in [1.54, 1.807) is 0 Å². The van der Waals surface area contributed by atoms with Crippen molar-refractivity contribution in [2.75, 3.05) is 5.73 Å². The zero-order chi connectivity index (χ0) is 15.4. The molecule has 6 heteroatoms. The smallest absolute Gasteiger partial charge is 0.263 e. The number of hydrogen-bond donors (Lipinski definition) is 3. The number of carbonyl (C=O) groups is 1. The lowest BCUT2D eigenvalue weighted by atomic mass is 9.64. The minimum atomic E-state index is -0.364. The fourth-order valence-corrected chi connectivity index (χ4v) is 4.43. The number of aliphatic hydroxyl groups excluding tert-OH is 1. The van der Waals surface area contributed by atoms with Crippen LogP contribution in [0.25, 0.3) is 10.1 Å². The Kier molecular flexibility index (Phi) is 3.50. The largest absolute Gasteiger partial charge is 0.397 e. The first-order valence-corrected chi connectivity index (χ1v) is 8.38. The van der Waals surface area contributed by atoms with Crippen molar-refractivity contribution in [3.8, 4) is 0 Å². The summed E-state index contributed by atoms with van der Waals surface area (Å²) in [7, 11) is 0. The summed E-state index contributed by atoms with van der Waals surface area (Å²) < 4.78 is 1.88. The quantitative estimate of drug-likeness (QED) is 0.761. The number of aliphatic hydroxyl groups is 1. The van der Waals surface area contributed by atoms with Crippen molar-refractivity contribution < 1.29 is 9.90 Å². The van der Waals surface area contributed by atoms with E-state index in [0.29, 0.717) is 17.0 Å². The summed E-state index contributed by atoms with van der Waals surface area (Å²) in [5.41, 5.74) is 6.36. The molecule has 0 radical (unpaired) electrons. The zero-order valence-corrected chi connectivity index (χ0v) is 14.2. The van der Waals surface area contributed by atoms with E-state index >= 15 is 0 Å². The number of thiophene rings is 1. The van der Waals surface area contributed by atoms with Crippen molar-refractivity contribution >= 4 is 48.9 Å². The number of rotatable bonds is 2. The summed E-state index contributed by atoms with van der Waals surface area (Å²) >= 11 is 4.87. The summed E-state index contributed by atoms with van der Waals surface area (Å²) in [6.45, 7) is 3.91. The van der Waals surface area contributed by atoms with Crippen LogP contribution < -0.4 is 11.1 Å². The van der Waals surface area contributed by atoms with E-state index in [9.17, 15) is 9.90 Å². The third-order valence-corrected chi connectivity index (χ3v) is 6.26. The van der Waals surface area contributed by atoms with Gasteiger partial charge in [-0.3, -0.25) is 4.79 Å². The average Bonchev–Trinajstić information content (AvgIpc) is 2.77. The minimum absolute atomic E-state index is 0.0203. The number of nitrogens with one attached hydrogen (secondary N) is 1. The second-order valence-corrected chi connectivity index (χ2v) is 7.96. The summed E-state index contributed by atoms with van der Waals surface area (Å²) in [6.07, 6.45) is 0.226. The Labute approximate surface area is 135 Å². The van der Waals surface area contributed by atoms with Gasteiger partial charge in [0.25, 0.3) is 5.91 Å². The lowest BCUT2D eigenvalue weighted by Gasteiger charge is -2.49. The van der Waals surface area contributed by atoms with E-state index in [-0.39, 0.29) is 23.5 Å². The molecule has 1 saturated carbocycles. The molecular weight excluding hydrogens is 352 g/mol. The van der Waals surface area contributed by atoms with Gasteiger partial charge in [-0.05, 0) is 18.6 Å². The summed E-state index contributed by atoms with van der Waals surface area (Å²) in [4.78, 5) is 13.0. The Hall–Kier alpha value is -1.11. The molecule has 2 aromatic rings. The maximum atomic E-state index is 12.5. The first-order chi connectivity index (χ1) is 9.82. The van der Waals surface area contributed by atoms with Crippen LogP contribution in [0.4, 0.5) is 5.69 Å². The molecule has 1 aliphatic rings. The highest BCUT2D eigenvalue weighted by Gasteiger charge is 2.48. The van der Waals surface area contributed by atoms with E-state index in [2.05, 4.69) is 21.2 Å². The number of benzene rings is 1. The summed E-state index contributed by atoms with van der Waals surface area (Å²) in [5.74, 6) is -0.162. The predicted molar refractivity (Wildman–Crippen MR) is 89.6 cm³/mol. The number of nitrogen functional groups attached to an aromatic ring is 1. The molecule has 0 bridgehead atoms. The standard InChI is InChI=1S/C15H17BrN2O2S/c1-15(2)9(6-10(15)19)18-14(20)13-12(17)11-7(16)4-3-5-8(11)21-13/h3-5,9-10,19H,6,17H2,1-2H3,(H,18,20). The van der Waals surface area contributed by atoms with E-state index < -0.39 is 0 Å². The topological polar surface area (TPSA) is 75.3 Å². The third-order valence-electron chi connectivity index (χ3n) is 4.43. The maximum absolute atomic E-state index is 12.5. The number of anilines is 1. The predicted octanol–water partition coefficient (Wildman–Crippen LogP) is 3.14. The Bertz CT molecular complexity index is 726. The first-order valence-electron chi connectivity index (χ1n) is 6.77. The highest BCUT2D eigenvalue weighted by Crippen LogP contribution is 2.42. The van der Waals surface area contributed by atoms with Gasteiger partial charge in [-0.15, -0.1) is 11.3 Å². The van der Waals surface area contributed by atoms with Crippen LogP contribution in [0.1, 0.15) is 29.9 Å². The Balaban J connectivity index is 1.89. The fourth-order valence-electron chi connectivity index (χ4n) is 2.67. The molecule has 3 rings (SSSR count). The van der Waals surface area contributed by atoms with Crippen LogP contribution in [0.3, 0.4) is 0 Å². The van der Waals surface area contributed by atoms with Gasteiger partial charge >= 0.3 is 0 Å². The number of hydrogen-bond acceptors (Lipinski definition) is 4. The second-order valence-electron chi connectivity index (χ2n) is 6.06. The van der Waals surface area contributed by atoms with E-state index in [4.69, 9.17) is 5.73 Å². The SMILES string of the molecule is CC1(C)C(O)CC1NC(=O)c1sc2cccc(Br)c2c1N. The number of fused-ring (bicyclic) bond motifs is 1. The number of halogens is 1. The molecule has 0 aliphatic heterocycles. The highest BCUT2D eigenvalue weighted by atomic mass is 79.9. The molecule has 4 N–H and O–H groups in total. The molecular formula is C15H17BrN2O2S. The Morgan fingerprint density at radius 2 is 2.24 bits per heavy atom. The maximum Gasteiger partial charge on any atom is 0.263 e. The molecule has 1 heterocycles. The molecule has 4 nitrogen and oxygen atoms in total. The second kappa shape index (κ2) is 4.97.